The van der Waals surface area contributed by atoms with Crippen molar-refractivity contribution in [2.24, 2.45) is 0 Å². The van der Waals surface area contributed by atoms with E-state index in [2.05, 4.69) is 16.0 Å². The number of hydrogen-bond donors (Lipinski definition) is 5. The molecule has 31 heavy (non-hydrogen) atoms. The molecule has 1 atom stereocenters. The van der Waals surface area contributed by atoms with E-state index in [1.807, 2.05) is 13.0 Å². The second-order valence-electron chi connectivity index (χ2n) is 7.10. The van der Waals surface area contributed by atoms with Crippen molar-refractivity contribution in [3.05, 3.63) is 59.1 Å². The Morgan fingerprint density at radius 2 is 1.71 bits per heavy atom. The predicted molar refractivity (Wildman–Crippen MR) is 120 cm³/mol. The number of aryl methyl sites for hydroxylation is 1. The first kappa shape index (κ1) is 24.2. The minimum absolute atomic E-state index is 0.194. The topological polar surface area (TPSA) is 120 Å². The molecule has 2 rings (SSSR count). The Morgan fingerprint density at radius 1 is 0.968 bits per heavy atom. The summed E-state index contributed by atoms with van der Waals surface area (Å²) in [5.74, 6) is -0.788. The van der Waals surface area contributed by atoms with Crippen LogP contribution in [-0.2, 0) is 9.59 Å². The molecule has 0 bridgehead atoms. The van der Waals surface area contributed by atoms with E-state index < -0.39 is 18.0 Å². The van der Waals surface area contributed by atoms with Gasteiger partial charge in [-0.3, -0.25) is 14.8 Å². The van der Waals surface area contributed by atoms with Crippen LogP contribution in [0.15, 0.2) is 48.5 Å². The molecular formula is C22H27ClN4O4. The maximum atomic E-state index is 12.7. The molecule has 0 aromatic heterocycles. The van der Waals surface area contributed by atoms with Crippen LogP contribution in [0.2, 0.25) is 5.02 Å². The first-order valence-corrected chi connectivity index (χ1v) is 10.4. The summed E-state index contributed by atoms with van der Waals surface area (Å²) < 4.78 is 0. The van der Waals surface area contributed by atoms with Gasteiger partial charge in [0.2, 0.25) is 11.8 Å². The Labute approximate surface area is 186 Å². The van der Waals surface area contributed by atoms with Crippen LogP contribution in [0.1, 0.15) is 37.7 Å². The number of para-hydroxylation sites is 1. The van der Waals surface area contributed by atoms with Gasteiger partial charge in [-0.25, -0.2) is 10.3 Å². The minimum atomic E-state index is -0.771. The van der Waals surface area contributed by atoms with E-state index in [0.29, 0.717) is 42.1 Å². The molecule has 0 aliphatic rings. The van der Waals surface area contributed by atoms with E-state index in [1.165, 1.54) is 0 Å². The van der Waals surface area contributed by atoms with Crippen molar-refractivity contribution in [1.82, 2.24) is 10.8 Å². The number of nitrogens with one attached hydrogen (secondary N) is 4. The molecule has 0 unspecified atom stereocenters. The van der Waals surface area contributed by atoms with Crippen molar-refractivity contribution in [3.8, 4) is 0 Å². The predicted octanol–water partition coefficient (Wildman–Crippen LogP) is 4.23. The zero-order valence-electron chi connectivity index (χ0n) is 17.3. The number of carbonyl (C=O) groups is 3. The standard InChI is InChI=1S/C22H27ClN4O4/c1-15-12-13-17(14-18(15)23)25-22(30)26-19(10-6-3-7-11-20(28)27-31)21(29)24-16-8-4-2-5-9-16/h2,4-5,8-9,12-14,19,31H,3,6-7,10-11H2,1H3,(H,24,29)(H,27,28)(H2,25,26,30)/t19-/m0/s1. The largest absolute Gasteiger partial charge is 0.326 e. The summed E-state index contributed by atoms with van der Waals surface area (Å²) in [4.78, 5) is 36.3. The molecule has 9 heteroatoms. The lowest BCUT2D eigenvalue weighted by molar-refractivity contribution is -0.129. The van der Waals surface area contributed by atoms with Crippen molar-refractivity contribution in [2.45, 2.75) is 45.1 Å². The Hall–Kier alpha value is -3.10. The van der Waals surface area contributed by atoms with Gasteiger partial charge in [0, 0.05) is 22.8 Å². The van der Waals surface area contributed by atoms with Gasteiger partial charge in [-0.1, -0.05) is 48.7 Å². The van der Waals surface area contributed by atoms with Crippen LogP contribution in [0.3, 0.4) is 0 Å². The van der Waals surface area contributed by atoms with Crippen LogP contribution in [-0.4, -0.2) is 29.1 Å². The lowest BCUT2D eigenvalue weighted by Crippen LogP contribution is -2.45. The van der Waals surface area contributed by atoms with Crippen LogP contribution < -0.4 is 21.4 Å². The summed E-state index contributed by atoms with van der Waals surface area (Å²) in [6, 6.07) is 12.8. The number of hydroxylamine groups is 1. The van der Waals surface area contributed by atoms with E-state index in [4.69, 9.17) is 16.8 Å². The van der Waals surface area contributed by atoms with E-state index in [0.717, 1.165) is 5.56 Å². The minimum Gasteiger partial charge on any atom is -0.326 e. The van der Waals surface area contributed by atoms with Crippen LogP contribution in [0, 0.1) is 6.92 Å². The third kappa shape index (κ3) is 8.65. The van der Waals surface area contributed by atoms with Gasteiger partial charge in [0.05, 0.1) is 0 Å². The van der Waals surface area contributed by atoms with Gasteiger partial charge in [0.1, 0.15) is 6.04 Å². The number of amides is 4. The third-order valence-electron chi connectivity index (χ3n) is 4.61. The fourth-order valence-corrected chi connectivity index (χ4v) is 3.06. The number of carbonyl (C=O) groups excluding carboxylic acids is 3. The van der Waals surface area contributed by atoms with Gasteiger partial charge in [0.25, 0.3) is 0 Å². The lowest BCUT2D eigenvalue weighted by atomic mass is 10.1. The van der Waals surface area contributed by atoms with Crippen molar-refractivity contribution in [1.29, 1.82) is 0 Å². The monoisotopic (exact) mass is 446 g/mol. The van der Waals surface area contributed by atoms with Crippen LogP contribution in [0.25, 0.3) is 0 Å². The highest BCUT2D eigenvalue weighted by atomic mass is 35.5. The molecule has 0 fully saturated rings. The second-order valence-corrected chi connectivity index (χ2v) is 7.51. The zero-order valence-corrected chi connectivity index (χ0v) is 18.0. The molecule has 0 saturated carbocycles. The van der Waals surface area contributed by atoms with Crippen LogP contribution >= 0.6 is 11.6 Å². The molecule has 2 aromatic rings. The molecule has 0 spiro atoms. The summed E-state index contributed by atoms with van der Waals surface area (Å²) in [7, 11) is 0. The summed E-state index contributed by atoms with van der Waals surface area (Å²) in [6.45, 7) is 1.86. The molecule has 8 nitrogen and oxygen atoms in total. The lowest BCUT2D eigenvalue weighted by Gasteiger charge is -2.19. The molecule has 5 N–H and O–H groups in total. The highest BCUT2D eigenvalue weighted by molar-refractivity contribution is 6.31. The number of anilines is 2. The first-order chi connectivity index (χ1) is 14.9. The van der Waals surface area contributed by atoms with Gasteiger partial charge in [0.15, 0.2) is 0 Å². The van der Waals surface area contributed by atoms with Crippen molar-refractivity contribution >= 4 is 40.8 Å². The van der Waals surface area contributed by atoms with Crippen molar-refractivity contribution in [3.63, 3.8) is 0 Å². The van der Waals surface area contributed by atoms with E-state index in [9.17, 15) is 14.4 Å². The zero-order chi connectivity index (χ0) is 22.6. The van der Waals surface area contributed by atoms with Gasteiger partial charge in [-0.2, -0.15) is 0 Å². The Morgan fingerprint density at radius 3 is 2.39 bits per heavy atom. The number of benzene rings is 2. The summed E-state index contributed by atoms with van der Waals surface area (Å²) >= 11 is 6.09. The Bertz CT molecular complexity index is 892. The number of rotatable bonds is 10. The molecule has 166 valence electrons. The number of halogens is 1. The number of hydrogen-bond acceptors (Lipinski definition) is 4. The maximum Gasteiger partial charge on any atom is 0.319 e. The number of urea groups is 1. The van der Waals surface area contributed by atoms with Crippen molar-refractivity contribution < 1.29 is 19.6 Å². The summed E-state index contributed by atoms with van der Waals surface area (Å²) in [6.07, 6.45) is 2.43. The maximum absolute atomic E-state index is 12.7. The molecule has 0 radical (unpaired) electrons. The van der Waals surface area contributed by atoms with Crippen LogP contribution in [0.4, 0.5) is 16.2 Å². The van der Waals surface area contributed by atoms with Crippen LogP contribution in [0.5, 0.6) is 0 Å². The van der Waals surface area contributed by atoms with E-state index in [1.54, 1.807) is 47.9 Å². The quantitative estimate of drug-likeness (QED) is 0.213. The molecule has 0 heterocycles. The van der Waals surface area contributed by atoms with Crippen molar-refractivity contribution in [2.75, 3.05) is 10.6 Å². The Balaban J connectivity index is 1.96. The van der Waals surface area contributed by atoms with E-state index in [-0.39, 0.29) is 12.3 Å². The number of unbranched alkanes of at least 4 members (excludes halogenated alkanes) is 2. The summed E-state index contributed by atoms with van der Waals surface area (Å²) in [5, 5.41) is 17.3. The molecule has 0 aliphatic carbocycles. The molecular weight excluding hydrogens is 420 g/mol. The first-order valence-electron chi connectivity index (χ1n) is 10.0. The normalized spacial score (nSPS) is 11.3. The molecule has 0 saturated heterocycles. The van der Waals surface area contributed by atoms with Gasteiger partial charge >= 0.3 is 6.03 Å². The summed E-state index contributed by atoms with van der Waals surface area (Å²) in [5.41, 5.74) is 3.63. The average Bonchev–Trinajstić information content (AvgIpc) is 2.75. The van der Waals surface area contributed by atoms with Gasteiger partial charge in [-0.15, -0.1) is 0 Å². The van der Waals surface area contributed by atoms with Gasteiger partial charge < -0.3 is 16.0 Å². The highest BCUT2D eigenvalue weighted by Crippen LogP contribution is 2.20. The second kappa shape index (κ2) is 12.6. The fraction of sp³-hybridized carbons (Fsp3) is 0.318. The third-order valence-corrected chi connectivity index (χ3v) is 5.02. The molecule has 0 aliphatic heterocycles. The van der Waals surface area contributed by atoms with E-state index >= 15 is 0 Å². The molecule has 4 amide bonds. The SMILES string of the molecule is Cc1ccc(NC(=O)N[C@@H](CCCCCC(=O)NO)C(=O)Nc2ccccc2)cc1Cl. The average molecular weight is 447 g/mol. The fourth-order valence-electron chi connectivity index (χ4n) is 2.88. The smallest absolute Gasteiger partial charge is 0.319 e. The highest BCUT2D eigenvalue weighted by Gasteiger charge is 2.21. The Kier molecular flexibility index (Phi) is 9.80. The molecule has 2 aromatic carbocycles. The van der Waals surface area contributed by atoms with Gasteiger partial charge in [-0.05, 0) is 49.6 Å².